The second-order valence-corrected chi connectivity index (χ2v) is 16.3. The second kappa shape index (κ2) is 25.9. The molecule has 2 rings (SSSR count). The fourth-order valence-corrected chi connectivity index (χ4v) is 7.12. The van der Waals surface area contributed by atoms with Crippen LogP contribution in [0.2, 0.25) is 0 Å². The highest BCUT2D eigenvalue weighted by molar-refractivity contribution is 6.62. The highest BCUT2D eigenvalue weighted by Crippen LogP contribution is 2.37. The van der Waals surface area contributed by atoms with Gasteiger partial charge in [-0.15, -0.1) is 0 Å². The Morgan fingerprint density at radius 2 is 0.875 bits per heavy atom. The van der Waals surface area contributed by atoms with Crippen molar-refractivity contribution >= 4 is 12.6 Å². The number of ether oxygens (including phenoxy) is 1. The van der Waals surface area contributed by atoms with E-state index >= 15 is 0 Å². The van der Waals surface area contributed by atoms with E-state index < -0.39 is 0 Å². The summed E-state index contributed by atoms with van der Waals surface area (Å²) in [4.78, 5) is 0. The number of hydrogen-bond acceptors (Lipinski definition) is 3. The van der Waals surface area contributed by atoms with E-state index in [0.717, 1.165) is 30.5 Å². The summed E-state index contributed by atoms with van der Waals surface area (Å²) in [5.41, 5.74) is 1.80. The van der Waals surface area contributed by atoms with Gasteiger partial charge in [-0.05, 0) is 89.4 Å². The van der Waals surface area contributed by atoms with Crippen LogP contribution in [0.15, 0.2) is 18.2 Å². The van der Waals surface area contributed by atoms with E-state index in [-0.39, 0.29) is 18.3 Å². The van der Waals surface area contributed by atoms with Crippen molar-refractivity contribution in [2.45, 2.75) is 246 Å². The van der Waals surface area contributed by atoms with E-state index in [9.17, 15) is 0 Å². The Morgan fingerprint density at radius 3 is 1.29 bits per heavy atom. The molecule has 0 N–H and O–H groups in total. The van der Waals surface area contributed by atoms with Gasteiger partial charge in [-0.2, -0.15) is 0 Å². The Balaban J connectivity index is 1.97. The van der Waals surface area contributed by atoms with Crippen molar-refractivity contribution in [3.63, 3.8) is 0 Å². The first-order valence-electron chi connectivity index (χ1n) is 21.4. The van der Waals surface area contributed by atoms with Gasteiger partial charge in [0.15, 0.2) is 0 Å². The first-order chi connectivity index (χ1) is 23.2. The van der Waals surface area contributed by atoms with Gasteiger partial charge in [-0.25, -0.2) is 0 Å². The molecule has 0 aliphatic carbocycles. The van der Waals surface area contributed by atoms with Crippen LogP contribution < -0.4 is 10.2 Å². The molecule has 0 unspecified atom stereocenters. The summed E-state index contributed by atoms with van der Waals surface area (Å²) in [6, 6.07) is 6.90. The predicted molar refractivity (Wildman–Crippen MR) is 212 cm³/mol. The van der Waals surface area contributed by atoms with E-state index in [1.807, 2.05) is 0 Å². The number of aryl methyl sites for hydroxylation is 1. The van der Waals surface area contributed by atoms with Crippen LogP contribution in [0, 0.1) is 0 Å². The number of unbranched alkanes of at least 4 members (excludes halogenated alkanes) is 22. The molecular formula is C44H81BO3. The number of benzene rings is 1. The monoisotopic (exact) mass is 669 g/mol. The van der Waals surface area contributed by atoms with Crippen LogP contribution in [0.5, 0.6) is 5.75 Å². The Morgan fingerprint density at radius 1 is 0.500 bits per heavy atom. The average Bonchev–Trinajstić information content (AvgIpc) is 3.28. The molecule has 278 valence electrons. The Labute approximate surface area is 301 Å². The summed E-state index contributed by atoms with van der Waals surface area (Å²) in [7, 11) is -0.348. The maximum Gasteiger partial charge on any atom is 0.494 e. The molecule has 3 nitrogen and oxygen atoms in total. The summed E-state index contributed by atoms with van der Waals surface area (Å²) in [6.45, 7) is 15.5. The Hall–Kier alpha value is -0.995. The quantitative estimate of drug-likeness (QED) is 0.0582. The summed E-state index contributed by atoms with van der Waals surface area (Å²) in [6.07, 6.45) is 37.8. The van der Waals surface area contributed by atoms with Gasteiger partial charge in [0, 0.05) is 0 Å². The molecule has 1 aromatic rings. The third kappa shape index (κ3) is 18.3. The summed E-state index contributed by atoms with van der Waals surface area (Å²) >= 11 is 0. The smallest absolute Gasteiger partial charge is 0.490 e. The van der Waals surface area contributed by atoms with Gasteiger partial charge in [-0.1, -0.05) is 168 Å². The average molecular weight is 669 g/mol. The molecule has 0 spiro atoms. The fraction of sp³-hybridized carbons (Fsp3) is 0.864. The molecule has 0 aromatic heterocycles. The maximum absolute atomic E-state index is 6.92. The van der Waals surface area contributed by atoms with Gasteiger partial charge in [0.05, 0.1) is 17.3 Å². The Bertz CT molecular complexity index is 880. The zero-order chi connectivity index (χ0) is 34.9. The molecule has 1 saturated heterocycles. The van der Waals surface area contributed by atoms with Crippen LogP contribution in [0.3, 0.4) is 0 Å². The second-order valence-electron chi connectivity index (χ2n) is 16.3. The maximum atomic E-state index is 6.92. The minimum absolute atomic E-state index is 0.292. The van der Waals surface area contributed by atoms with E-state index in [1.54, 1.807) is 0 Å². The Kier molecular flexibility index (Phi) is 23.3. The lowest BCUT2D eigenvalue weighted by molar-refractivity contribution is 0.00578. The first-order valence-corrected chi connectivity index (χ1v) is 21.4. The standard InChI is InChI=1S/C44H81BO3/c1-8-11-14-17-20-21-22-23-24-25-26-27-30-33-39-36-40(45-47-43(4,5)44(6,7)48-45)38-42(37-39)46-41(34-31-28-18-15-12-9-2)35-32-29-19-16-13-10-3/h36-38,41H,8-35H2,1-7H3. The normalized spacial score (nSPS) is 15.5. The van der Waals surface area contributed by atoms with E-state index in [4.69, 9.17) is 14.0 Å². The molecule has 0 atom stereocenters. The number of rotatable bonds is 31. The molecule has 0 saturated carbocycles. The molecule has 1 heterocycles. The van der Waals surface area contributed by atoms with Crippen LogP contribution in [0.25, 0.3) is 0 Å². The molecule has 1 fully saturated rings. The third-order valence-corrected chi connectivity index (χ3v) is 11.1. The summed E-state index contributed by atoms with van der Waals surface area (Å²) in [5, 5.41) is 0. The SMILES string of the molecule is CCCCCCCCCCCCCCCc1cc(OC(CCCCCCCC)CCCCCCCC)cc(B2OC(C)(C)C(C)(C)O2)c1. The van der Waals surface area contributed by atoms with E-state index in [1.165, 1.54) is 166 Å². The van der Waals surface area contributed by atoms with Gasteiger partial charge in [0.1, 0.15) is 5.75 Å². The predicted octanol–water partition coefficient (Wildman–Crippen LogP) is 13.9. The van der Waals surface area contributed by atoms with Crippen molar-refractivity contribution in [2.24, 2.45) is 0 Å². The van der Waals surface area contributed by atoms with Crippen LogP contribution in [0.4, 0.5) is 0 Å². The molecule has 1 aliphatic heterocycles. The van der Waals surface area contributed by atoms with Gasteiger partial charge in [0.25, 0.3) is 0 Å². The van der Waals surface area contributed by atoms with Gasteiger partial charge >= 0.3 is 7.12 Å². The van der Waals surface area contributed by atoms with E-state index in [2.05, 4.69) is 66.7 Å². The molecule has 1 aromatic carbocycles. The zero-order valence-electron chi connectivity index (χ0n) is 33.4. The first kappa shape index (κ1) is 43.2. The van der Waals surface area contributed by atoms with Crippen LogP contribution in [-0.4, -0.2) is 24.4 Å². The van der Waals surface area contributed by atoms with Crippen molar-refractivity contribution in [1.82, 2.24) is 0 Å². The van der Waals surface area contributed by atoms with Gasteiger partial charge in [-0.3, -0.25) is 0 Å². The lowest BCUT2D eigenvalue weighted by atomic mass is 9.78. The third-order valence-electron chi connectivity index (χ3n) is 11.1. The van der Waals surface area contributed by atoms with Crippen molar-refractivity contribution in [3.8, 4) is 5.75 Å². The van der Waals surface area contributed by atoms with Crippen molar-refractivity contribution < 1.29 is 14.0 Å². The minimum Gasteiger partial charge on any atom is -0.490 e. The molecule has 0 amide bonds. The molecule has 48 heavy (non-hydrogen) atoms. The summed E-state index contributed by atoms with van der Waals surface area (Å²) < 4.78 is 20.0. The van der Waals surface area contributed by atoms with E-state index in [0.29, 0.717) is 6.10 Å². The lowest BCUT2D eigenvalue weighted by Crippen LogP contribution is -2.41. The van der Waals surface area contributed by atoms with Crippen LogP contribution in [-0.2, 0) is 15.7 Å². The fourth-order valence-electron chi connectivity index (χ4n) is 7.12. The largest absolute Gasteiger partial charge is 0.494 e. The zero-order valence-corrected chi connectivity index (χ0v) is 33.4. The lowest BCUT2D eigenvalue weighted by Gasteiger charge is -2.32. The summed E-state index contributed by atoms with van der Waals surface area (Å²) in [5.74, 6) is 1.02. The van der Waals surface area contributed by atoms with Crippen LogP contribution in [0.1, 0.15) is 227 Å². The molecular weight excluding hydrogens is 587 g/mol. The van der Waals surface area contributed by atoms with Crippen molar-refractivity contribution in [3.05, 3.63) is 23.8 Å². The minimum atomic E-state index is -0.348. The van der Waals surface area contributed by atoms with Gasteiger partial charge in [0.2, 0.25) is 0 Å². The molecule has 1 aliphatic rings. The highest BCUT2D eigenvalue weighted by atomic mass is 16.7. The van der Waals surface area contributed by atoms with Crippen molar-refractivity contribution in [1.29, 1.82) is 0 Å². The number of hydrogen-bond donors (Lipinski definition) is 0. The van der Waals surface area contributed by atoms with Crippen molar-refractivity contribution in [2.75, 3.05) is 0 Å². The highest BCUT2D eigenvalue weighted by Gasteiger charge is 2.51. The topological polar surface area (TPSA) is 27.7 Å². The molecule has 0 bridgehead atoms. The molecule has 4 heteroatoms. The van der Waals surface area contributed by atoms with Crippen LogP contribution >= 0.6 is 0 Å². The molecule has 0 radical (unpaired) electrons. The van der Waals surface area contributed by atoms with Gasteiger partial charge < -0.3 is 14.0 Å².